The Balaban J connectivity index is -0.000000417. The normalized spacial score (nSPS) is 9.36. The molecule has 0 aliphatic heterocycles. The van der Waals surface area contributed by atoms with Gasteiger partial charge in [0, 0.05) is 17.8 Å². The molecule has 1 rings (SSSR count). The summed E-state index contributed by atoms with van der Waals surface area (Å²) in [5, 5.41) is 25.8. The van der Waals surface area contributed by atoms with E-state index in [0.717, 1.165) is 18.2 Å². The highest BCUT2D eigenvalue weighted by atomic mass is 16.4. The van der Waals surface area contributed by atoms with Gasteiger partial charge in [-0.1, -0.05) is 41.5 Å². The zero-order valence-corrected chi connectivity index (χ0v) is 19.5. The quantitative estimate of drug-likeness (QED) is 0.348. The summed E-state index contributed by atoms with van der Waals surface area (Å²) in [6.07, 6.45) is 0. The molecule has 0 aromatic heterocycles. The molecule has 3 amide bonds. The molecule has 0 unspecified atom stereocenters. The Hall–Kier alpha value is -3.96. The van der Waals surface area contributed by atoms with Gasteiger partial charge in [0.15, 0.2) is 0 Å². The fraction of sp³-hybridized carbons (Fsp3) is 0.429. The summed E-state index contributed by atoms with van der Waals surface area (Å²) in [7, 11) is 0. The number of rotatable bonds is 6. The van der Waals surface area contributed by atoms with Gasteiger partial charge in [0.1, 0.15) is 0 Å². The molecule has 0 atom stereocenters. The van der Waals surface area contributed by atoms with E-state index in [4.69, 9.17) is 32.5 Å². The Kier molecular flexibility index (Phi) is 17.0. The first-order chi connectivity index (χ1) is 14.8. The maximum atomic E-state index is 10.6. The van der Waals surface area contributed by atoms with Gasteiger partial charge in [-0.25, -0.2) is 14.4 Å². The highest BCUT2D eigenvalue weighted by Gasteiger charge is 2.14. The van der Waals surface area contributed by atoms with E-state index in [2.05, 4.69) is 0 Å². The van der Waals surface area contributed by atoms with Crippen LogP contribution in [0.15, 0.2) is 18.2 Å². The molecule has 186 valence electrons. The first-order valence-electron chi connectivity index (χ1n) is 9.57. The number of benzene rings is 1. The van der Waals surface area contributed by atoms with Crippen molar-refractivity contribution in [3.8, 4) is 0 Å². The smallest absolute Gasteiger partial charge is 0.335 e. The van der Waals surface area contributed by atoms with Crippen molar-refractivity contribution in [3.05, 3.63) is 34.9 Å². The third kappa shape index (κ3) is 18.5. The minimum atomic E-state index is -1.37. The Labute approximate surface area is 191 Å². The number of carboxylic acids is 3. The van der Waals surface area contributed by atoms with Crippen LogP contribution in [0.5, 0.6) is 0 Å². The molecule has 12 heteroatoms. The van der Waals surface area contributed by atoms with E-state index in [1.807, 2.05) is 0 Å². The standard InChI is InChI=1S/C9H6O6.3C4H9NO/c10-7(11)4-1-5(8(12)13)3-6(2-4)9(14)15;3*1-3(2)4(5)6/h1-3H,(H,10,11)(H,12,13)(H,14,15);3*3H,1-2H3,(H2,5,6). The lowest BCUT2D eigenvalue weighted by Crippen LogP contribution is -2.17. The Morgan fingerprint density at radius 2 is 0.636 bits per heavy atom. The third-order valence-corrected chi connectivity index (χ3v) is 3.38. The molecule has 9 N–H and O–H groups in total. The van der Waals surface area contributed by atoms with Gasteiger partial charge in [-0.3, -0.25) is 14.4 Å². The van der Waals surface area contributed by atoms with E-state index in [-0.39, 0.29) is 52.2 Å². The number of carbonyl (C=O) groups excluding carboxylic acids is 3. The number of carboxylic acid groups (broad SMARTS) is 3. The topological polar surface area (TPSA) is 241 Å². The van der Waals surface area contributed by atoms with Crippen molar-refractivity contribution >= 4 is 35.6 Å². The summed E-state index contributed by atoms with van der Waals surface area (Å²) in [5.41, 5.74) is 13.3. The monoisotopic (exact) mass is 471 g/mol. The summed E-state index contributed by atoms with van der Waals surface area (Å²) in [5.74, 6) is -4.87. The van der Waals surface area contributed by atoms with Crippen molar-refractivity contribution in [2.45, 2.75) is 41.5 Å². The van der Waals surface area contributed by atoms with Crippen LogP contribution in [0.25, 0.3) is 0 Å². The van der Waals surface area contributed by atoms with E-state index in [1.165, 1.54) is 0 Å². The number of nitrogens with two attached hydrogens (primary N) is 3. The highest BCUT2D eigenvalue weighted by molar-refractivity contribution is 5.98. The molecule has 0 aliphatic rings. The number of primary amides is 3. The second-order valence-electron chi connectivity index (χ2n) is 7.39. The lowest BCUT2D eigenvalue weighted by atomic mass is 10.1. The molecule has 33 heavy (non-hydrogen) atoms. The van der Waals surface area contributed by atoms with Crippen molar-refractivity contribution in [2.24, 2.45) is 35.0 Å². The van der Waals surface area contributed by atoms with Gasteiger partial charge < -0.3 is 32.5 Å². The van der Waals surface area contributed by atoms with E-state index in [1.54, 1.807) is 41.5 Å². The summed E-state index contributed by atoms with van der Waals surface area (Å²) >= 11 is 0. The number of aromatic carboxylic acids is 3. The Morgan fingerprint density at radius 1 is 0.515 bits per heavy atom. The highest BCUT2D eigenvalue weighted by Crippen LogP contribution is 2.11. The van der Waals surface area contributed by atoms with Crippen molar-refractivity contribution < 1.29 is 44.1 Å². The van der Waals surface area contributed by atoms with Crippen molar-refractivity contribution in [1.82, 2.24) is 0 Å². The van der Waals surface area contributed by atoms with E-state index >= 15 is 0 Å². The average molecular weight is 472 g/mol. The van der Waals surface area contributed by atoms with Crippen LogP contribution < -0.4 is 17.2 Å². The van der Waals surface area contributed by atoms with Gasteiger partial charge in [0.25, 0.3) is 0 Å². The maximum Gasteiger partial charge on any atom is 0.335 e. The summed E-state index contributed by atoms with van der Waals surface area (Å²) in [6.45, 7) is 10.6. The van der Waals surface area contributed by atoms with E-state index < -0.39 is 17.9 Å². The van der Waals surface area contributed by atoms with Crippen LogP contribution in [0, 0.1) is 17.8 Å². The predicted molar refractivity (Wildman–Crippen MR) is 119 cm³/mol. The fourth-order valence-corrected chi connectivity index (χ4v) is 0.998. The average Bonchev–Trinajstić information content (AvgIpc) is 2.68. The van der Waals surface area contributed by atoms with Crippen molar-refractivity contribution in [1.29, 1.82) is 0 Å². The first-order valence-corrected chi connectivity index (χ1v) is 9.57. The molecule has 12 nitrogen and oxygen atoms in total. The molecule has 1 aromatic rings. The molecule has 0 saturated carbocycles. The molecule has 0 radical (unpaired) electrons. The number of carbonyl (C=O) groups is 6. The Bertz CT molecular complexity index is 726. The number of amides is 3. The second-order valence-corrected chi connectivity index (χ2v) is 7.39. The number of hydrogen-bond donors (Lipinski definition) is 6. The van der Waals surface area contributed by atoms with Crippen LogP contribution in [-0.4, -0.2) is 50.9 Å². The lowest BCUT2D eigenvalue weighted by Gasteiger charge is -2.00. The van der Waals surface area contributed by atoms with Crippen LogP contribution in [-0.2, 0) is 14.4 Å². The van der Waals surface area contributed by atoms with Crippen LogP contribution in [0.1, 0.15) is 72.6 Å². The molecular weight excluding hydrogens is 438 g/mol. The van der Waals surface area contributed by atoms with Crippen LogP contribution in [0.3, 0.4) is 0 Å². The van der Waals surface area contributed by atoms with Gasteiger partial charge in [-0.2, -0.15) is 0 Å². The zero-order chi connectivity index (χ0) is 27.0. The lowest BCUT2D eigenvalue weighted by molar-refractivity contribution is -0.121. The molecular formula is C21H33N3O9. The minimum Gasteiger partial charge on any atom is -0.478 e. The molecule has 0 aliphatic carbocycles. The summed E-state index contributed by atoms with van der Waals surface area (Å²) in [6, 6.07) is 2.70. The largest absolute Gasteiger partial charge is 0.478 e. The Morgan fingerprint density at radius 3 is 0.697 bits per heavy atom. The van der Waals surface area contributed by atoms with E-state index in [0.29, 0.717) is 0 Å². The minimum absolute atomic E-state index is 0.00926. The van der Waals surface area contributed by atoms with Gasteiger partial charge in [-0.15, -0.1) is 0 Å². The van der Waals surface area contributed by atoms with Gasteiger partial charge in [0.05, 0.1) is 16.7 Å². The molecule has 1 aromatic carbocycles. The predicted octanol–water partition coefficient (Wildman–Crippen LogP) is 1.16. The van der Waals surface area contributed by atoms with Gasteiger partial charge >= 0.3 is 17.9 Å². The third-order valence-electron chi connectivity index (χ3n) is 3.38. The second kappa shape index (κ2) is 16.7. The van der Waals surface area contributed by atoms with Crippen molar-refractivity contribution in [2.75, 3.05) is 0 Å². The summed E-state index contributed by atoms with van der Waals surface area (Å²) in [4.78, 5) is 61.5. The van der Waals surface area contributed by atoms with Crippen molar-refractivity contribution in [3.63, 3.8) is 0 Å². The maximum absolute atomic E-state index is 10.6. The molecule has 0 fully saturated rings. The molecule has 0 spiro atoms. The molecule has 0 saturated heterocycles. The SMILES string of the molecule is CC(C)C(N)=O.CC(C)C(N)=O.CC(C)C(N)=O.O=C(O)c1cc(C(=O)O)cc(C(=O)O)c1. The fourth-order valence-electron chi connectivity index (χ4n) is 0.998. The van der Waals surface area contributed by atoms with Gasteiger partial charge in [-0.05, 0) is 18.2 Å². The van der Waals surface area contributed by atoms with E-state index in [9.17, 15) is 28.8 Å². The van der Waals surface area contributed by atoms with Crippen LogP contribution >= 0.6 is 0 Å². The number of hydrogen-bond acceptors (Lipinski definition) is 6. The zero-order valence-electron chi connectivity index (χ0n) is 19.5. The molecule has 0 heterocycles. The first kappa shape index (κ1) is 33.7. The molecule has 0 bridgehead atoms. The van der Waals surface area contributed by atoms with Crippen LogP contribution in [0.2, 0.25) is 0 Å². The van der Waals surface area contributed by atoms with Crippen LogP contribution in [0.4, 0.5) is 0 Å². The summed E-state index contributed by atoms with van der Waals surface area (Å²) < 4.78 is 0. The van der Waals surface area contributed by atoms with Gasteiger partial charge in [0.2, 0.25) is 17.7 Å².